The molecule has 1 aliphatic rings. The van der Waals surface area contributed by atoms with Crippen LogP contribution >= 0.6 is 23.1 Å². The minimum absolute atomic E-state index is 0.982. The number of aryl methyl sites for hydroxylation is 1. The van der Waals surface area contributed by atoms with Gasteiger partial charge in [0.25, 0.3) is 5.01 Å². The first-order chi connectivity index (χ1) is 12.2. The van der Waals surface area contributed by atoms with Crippen molar-refractivity contribution in [3.63, 3.8) is 0 Å². The van der Waals surface area contributed by atoms with E-state index in [0.717, 1.165) is 6.54 Å². The Hall–Kier alpha value is -2.04. The van der Waals surface area contributed by atoms with Gasteiger partial charge in [0, 0.05) is 17.0 Å². The molecule has 3 aromatic rings. The van der Waals surface area contributed by atoms with Crippen molar-refractivity contribution in [2.75, 3.05) is 11.4 Å². The largest absolute Gasteiger partial charge is 0.335 e. The van der Waals surface area contributed by atoms with Gasteiger partial charge in [-0.2, -0.15) is 4.57 Å². The number of thioether (sulfide) groups is 1. The molecular formula is C21H21N2S2+. The Bertz CT molecular complexity index is 939. The Labute approximate surface area is 157 Å². The van der Waals surface area contributed by atoms with Gasteiger partial charge in [-0.15, -0.1) is 0 Å². The fourth-order valence-corrected chi connectivity index (χ4v) is 5.30. The number of anilines is 1. The van der Waals surface area contributed by atoms with Crippen LogP contribution < -0.4 is 9.47 Å². The van der Waals surface area contributed by atoms with Gasteiger partial charge in [-0.25, -0.2) is 0 Å². The molecule has 0 fully saturated rings. The Kier molecular flexibility index (Phi) is 4.40. The van der Waals surface area contributed by atoms with Gasteiger partial charge in [-0.05, 0) is 38.1 Å². The predicted octanol–water partition coefficient (Wildman–Crippen LogP) is 5.48. The number of rotatable bonds is 3. The van der Waals surface area contributed by atoms with Crippen LogP contribution in [0.5, 0.6) is 0 Å². The van der Waals surface area contributed by atoms with E-state index < -0.39 is 0 Å². The lowest BCUT2D eigenvalue weighted by Crippen LogP contribution is -2.31. The highest BCUT2D eigenvalue weighted by Crippen LogP contribution is 2.46. The summed E-state index contributed by atoms with van der Waals surface area (Å²) in [4.78, 5) is 3.74. The Morgan fingerprint density at radius 1 is 1.08 bits per heavy atom. The molecule has 0 atom stereocenters. The smallest absolute Gasteiger partial charge is 0.264 e. The summed E-state index contributed by atoms with van der Waals surface area (Å²) < 4.78 is 2.29. The monoisotopic (exact) mass is 365 g/mol. The lowest BCUT2D eigenvalue weighted by molar-refractivity contribution is -0.657. The highest BCUT2D eigenvalue weighted by molar-refractivity contribution is 8.03. The summed E-state index contributed by atoms with van der Waals surface area (Å²) in [7, 11) is 2.15. The first kappa shape index (κ1) is 16.4. The normalized spacial score (nSPS) is 15.0. The van der Waals surface area contributed by atoms with Gasteiger partial charge in [0.1, 0.15) is 7.05 Å². The van der Waals surface area contributed by atoms with Gasteiger partial charge < -0.3 is 4.90 Å². The lowest BCUT2D eigenvalue weighted by atomic mass is 10.1. The standard InChI is InChI=1S/C21H21N2S2/c1-4-23-17-7-5-6-8-19(17)25-21(23)13-20-22(3)18(14-24-20)16-11-9-15(2)10-12-16/h5-14H,4H2,1-3H3/q+1. The van der Waals surface area contributed by atoms with E-state index in [2.05, 4.69) is 90.3 Å². The molecule has 0 bridgehead atoms. The molecule has 25 heavy (non-hydrogen) atoms. The summed E-state index contributed by atoms with van der Waals surface area (Å²) >= 11 is 3.66. The predicted molar refractivity (Wildman–Crippen MR) is 109 cm³/mol. The van der Waals surface area contributed by atoms with Crippen LogP contribution in [0.25, 0.3) is 17.3 Å². The first-order valence-electron chi connectivity index (χ1n) is 8.48. The van der Waals surface area contributed by atoms with E-state index in [1.165, 1.54) is 37.4 Å². The van der Waals surface area contributed by atoms with Crippen LogP contribution in [0.15, 0.2) is 63.8 Å². The van der Waals surface area contributed by atoms with Gasteiger partial charge in [-0.3, -0.25) is 0 Å². The van der Waals surface area contributed by atoms with Crippen molar-refractivity contribution < 1.29 is 4.57 Å². The van der Waals surface area contributed by atoms with Crippen LogP contribution in [-0.2, 0) is 7.05 Å². The minimum Gasteiger partial charge on any atom is -0.335 e. The molecule has 0 aliphatic carbocycles. The molecule has 0 spiro atoms. The van der Waals surface area contributed by atoms with Crippen molar-refractivity contribution >= 4 is 34.9 Å². The zero-order valence-electron chi connectivity index (χ0n) is 14.7. The van der Waals surface area contributed by atoms with Crippen molar-refractivity contribution in [3.8, 4) is 11.3 Å². The molecule has 2 heterocycles. The number of hydrogen-bond acceptors (Lipinski definition) is 3. The van der Waals surface area contributed by atoms with Crippen molar-refractivity contribution in [2.45, 2.75) is 18.7 Å². The van der Waals surface area contributed by atoms with Crippen molar-refractivity contribution in [2.24, 2.45) is 7.05 Å². The Morgan fingerprint density at radius 2 is 1.84 bits per heavy atom. The van der Waals surface area contributed by atoms with Gasteiger partial charge in [0.2, 0.25) is 5.69 Å². The van der Waals surface area contributed by atoms with Crippen molar-refractivity contribution in [1.29, 1.82) is 0 Å². The Balaban J connectivity index is 1.70. The van der Waals surface area contributed by atoms with Crippen LogP contribution in [-0.4, -0.2) is 6.54 Å². The maximum absolute atomic E-state index is 2.39. The van der Waals surface area contributed by atoms with E-state index in [1.54, 1.807) is 11.3 Å². The molecule has 0 radical (unpaired) electrons. The summed E-state index contributed by atoms with van der Waals surface area (Å²) in [6.07, 6.45) is 2.32. The van der Waals surface area contributed by atoms with Gasteiger partial charge in [0.05, 0.1) is 22.2 Å². The summed E-state index contributed by atoms with van der Waals surface area (Å²) in [5, 5.41) is 4.82. The van der Waals surface area contributed by atoms with E-state index in [-0.39, 0.29) is 0 Å². The molecule has 2 nitrogen and oxygen atoms in total. The number of hydrogen-bond donors (Lipinski definition) is 0. The number of para-hydroxylation sites is 1. The molecule has 1 aliphatic heterocycles. The molecule has 0 unspecified atom stereocenters. The molecule has 1 aromatic heterocycles. The van der Waals surface area contributed by atoms with Crippen LogP contribution in [0.3, 0.4) is 0 Å². The topological polar surface area (TPSA) is 7.12 Å². The summed E-state index contributed by atoms with van der Waals surface area (Å²) in [6, 6.07) is 17.4. The molecule has 0 saturated heterocycles. The van der Waals surface area contributed by atoms with E-state index in [4.69, 9.17) is 0 Å². The minimum atomic E-state index is 0.982. The zero-order chi connectivity index (χ0) is 17.4. The van der Waals surface area contributed by atoms with Crippen molar-refractivity contribution in [1.82, 2.24) is 0 Å². The molecule has 0 N–H and O–H groups in total. The third kappa shape index (κ3) is 3.00. The van der Waals surface area contributed by atoms with E-state index >= 15 is 0 Å². The molecule has 4 rings (SSSR count). The second-order valence-corrected chi connectivity index (χ2v) is 8.13. The fourth-order valence-electron chi connectivity index (χ4n) is 3.10. The number of aromatic nitrogens is 1. The van der Waals surface area contributed by atoms with Gasteiger partial charge in [-0.1, -0.05) is 52.9 Å². The second kappa shape index (κ2) is 6.70. The Morgan fingerprint density at radius 3 is 2.60 bits per heavy atom. The SMILES string of the molecule is CCN1/C(=C\c2scc(-c3ccc(C)cc3)[n+]2C)Sc2ccccc21. The maximum atomic E-state index is 2.39. The third-order valence-electron chi connectivity index (χ3n) is 4.53. The van der Waals surface area contributed by atoms with Gasteiger partial charge in [0.15, 0.2) is 0 Å². The summed E-state index contributed by atoms with van der Waals surface area (Å²) in [5.41, 5.74) is 5.14. The number of benzene rings is 2. The highest BCUT2D eigenvalue weighted by atomic mass is 32.2. The second-order valence-electron chi connectivity index (χ2n) is 6.18. The van der Waals surface area contributed by atoms with Crippen LogP contribution in [0.1, 0.15) is 17.5 Å². The van der Waals surface area contributed by atoms with E-state index in [0.29, 0.717) is 0 Å². The third-order valence-corrected chi connectivity index (χ3v) is 6.62. The van der Waals surface area contributed by atoms with Gasteiger partial charge >= 0.3 is 0 Å². The lowest BCUT2D eigenvalue weighted by Gasteiger charge is -2.17. The summed E-state index contributed by atoms with van der Waals surface area (Å²) in [6.45, 7) is 5.32. The molecule has 2 aromatic carbocycles. The van der Waals surface area contributed by atoms with E-state index in [9.17, 15) is 0 Å². The average Bonchev–Trinajstić information content (AvgIpc) is 3.16. The quantitative estimate of drug-likeness (QED) is 0.568. The maximum Gasteiger partial charge on any atom is 0.264 e. The number of nitrogens with zero attached hydrogens (tertiary/aromatic N) is 2. The number of thiazole rings is 1. The molecule has 0 amide bonds. The fraction of sp³-hybridized carbons (Fsp3) is 0.190. The number of fused-ring (bicyclic) bond motifs is 1. The van der Waals surface area contributed by atoms with Crippen molar-refractivity contribution in [3.05, 3.63) is 69.5 Å². The molecular weight excluding hydrogens is 344 g/mol. The highest BCUT2D eigenvalue weighted by Gasteiger charge is 2.25. The molecule has 4 heteroatoms. The van der Waals surface area contributed by atoms with Crippen LogP contribution in [0.2, 0.25) is 0 Å². The summed E-state index contributed by atoms with van der Waals surface area (Å²) in [5.74, 6) is 0. The first-order valence-corrected chi connectivity index (χ1v) is 10.2. The van der Waals surface area contributed by atoms with Crippen LogP contribution in [0.4, 0.5) is 5.69 Å². The van der Waals surface area contributed by atoms with Crippen LogP contribution in [0, 0.1) is 6.92 Å². The van der Waals surface area contributed by atoms with E-state index in [1.807, 2.05) is 11.8 Å². The average molecular weight is 366 g/mol. The molecule has 126 valence electrons. The zero-order valence-corrected chi connectivity index (χ0v) is 16.3. The molecule has 0 saturated carbocycles.